The van der Waals surface area contributed by atoms with Crippen LogP contribution in [0.15, 0.2) is 48.5 Å². The van der Waals surface area contributed by atoms with E-state index in [0.29, 0.717) is 11.3 Å². The van der Waals surface area contributed by atoms with E-state index in [1.165, 1.54) is 18.2 Å². The maximum atomic E-state index is 10.8. The average Bonchev–Trinajstić information content (AvgIpc) is 2.38. The molecular weight excluding hydrogens is 234 g/mol. The minimum absolute atomic E-state index is 0.0382. The van der Waals surface area contributed by atoms with E-state index in [1.54, 1.807) is 30.3 Å². The molecule has 2 aromatic rings. The van der Waals surface area contributed by atoms with Crippen LogP contribution in [0.2, 0.25) is 0 Å². The molecule has 5 nitrogen and oxygen atoms in total. The minimum atomic E-state index is -0.435. The molecule has 92 valence electrons. The van der Waals surface area contributed by atoms with E-state index in [9.17, 15) is 10.1 Å². The van der Waals surface area contributed by atoms with Crippen molar-refractivity contribution in [1.29, 1.82) is 0 Å². The first kappa shape index (κ1) is 11.9. The number of phenols is 1. The highest BCUT2D eigenvalue weighted by Gasteiger charge is 2.12. The van der Waals surface area contributed by atoms with Crippen molar-refractivity contribution < 1.29 is 14.8 Å². The van der Waals surface area contributed by atoms with Crippen molar-refractivity contribution >= 4 is 5.69 Å². The summed E-state index contributed by atoms with van der Waals surface area (Å²) in [5, 5.41) is 19.9. The van der Waals surface area contributed by atoms with E-state index in [-0.39, 0.29) is 18.0 Å². The fourth-order valence-electron chi connectivity index (χ4n) is 1.51. The van der Waals surface area contributed by atoms with Gasteiger partial charge in [0.25, 0.3) is 5.69 Å². The number of para-hydroxylation sites is 1. The molecule has 2 aromatic carbocycles. The Bertz CT molecular complexity index is 551. The number of phenolic OH excluding ortho intramolecular Hbond substituents is 1. The molecule has 0 saturated heterocycles. The number of hydrogen-bond donors (Lipinski definition) is 1. The van der Waals surface area contributed by atoms with E-state index in [4.69, 9.17) is 9.84 Å². The van der Waals surface area contributed by atoms with Crippen LogP contribution in [0.25, 0.3) is 0 Å². The number of benzene rings is 2. The molecule has 0 heterocycles. The van der Waals surface area contributed by atoms with Crippen molar-refractivity contribution in [3.05, 3.63) is 64.2 Å². The maximum Gasteiger partial charge on any atom is 0.276 e. The molecule has 0 saturated carbocycles. The summed E-state index contributed by atoms with van der Waals surface area (Å²) in [6.07, 6.45) is 0. The van der Waals surface area contributed by atoms with Crippen molar-refractivity contribution in [3.8, 4) is 11.5 Å². The smallest absolute Gasteiger partial charge is 0.276 e. The zero-order valence-corrected chi connectivity index (χ0v) is 9.45. The molecule has 0 radical (unpaired) electrons. The molecule has 0 aromatic heterocycles. The lowest BCUT2D eigenvalue weighted by Gasteiger charge is -2.06. The Morgan fingerprint density at radius 1 is 1.11 bits per heavy atom. The van der Waals surface area contributed by atoms with Crippen LogP contribution in [0.3, 0.4) is 0 Å². The first-order valence-corrected chi connectivity index (χ1v) is 5.31. The zero-order valence-electron chi connectivity index (χ0n) is 9.45. The highest BCUT2D eigenvalue weighted by Crippen LogP contribution is 2.21. The first-order chi connectivity index (χ1) is 8.66. The third-order valence-electron chi connectivity index (χ3n) is 2.42. The van der Waals surface area contributed by atoms with Gasteiger partial charge in [0.2, 0.25) is 0 Å². The van der Waals surface area contributed by atoms with Crippen LogP contribution in [0, 0.1) is 10.1 Å². The van der Waals surface area contributed by atoms with E-state index in [2.05, 4.69) is 0 Å². The summed E-state index contributed by atoms with van der Waals surface area (Å²) < 4.78 is 5.42. The number of nitro benzene ring substituents is 1. The monoisotopic (exact) mass is 245 g/mol. The van der Waals surface area contributed by atoms with Crippen LogP contribution in [0.5, 0.6) is 11.5 Å². The lowest BCUT2D eigenvalue weighted by Crippen LogP contribution is -2.00. The number of rotatable bonds is 4. The molecule has 0 aliphatic heterocycles. The van der Waals surface area contributed by atoms with Gasteiger partial charge in [-0.25, -0.2) is 0 Å². The van der Waals surface area contributed by atoms with Crippen LogP contribution in [0.1, 0.15) is 5.56 Å². The van der Waals surface area contributed by atoms with E-state index < -0.39 is 4.92 Å². The molecule has 0 bridgehead atoms. The summed E-state index contributed by atoms with van der Waals surface area (Å²) in [4.78, 5) is 10.4. The average molecular weight is 245 g/mol. The highest BCUT2D eigenvalue weighted by atomic mass is 16.6. The van der Waals surface area contributed by atoms with Gasteiger partial charge in [-0.3, -0.25) is 10.1 Å². The summed E-state index contributed by atoms with van der Waals surface area (Å²) in [7, 11) is 0. The molecule has 0 amide bonds. The summed E-state index contributed by atoms with van der Waals surface area (Å²) in [6, 6.07) is 12.6. The Morgan fingerprint density at radius 2 is 1.78 bits per heavy atom. The lowest BCUT2D eigenvalue weighted by atomic mass is 10.2. The van der Waals surface area contributed by atoms with Crippen LogP contribution in [-0.2, 0) is 6.61 Å². The van der Waals surface area contributed by atoms with Gasteiger partial charge in [0.05, 0.1) is 10.5 Å². The summed E-state index contributed by atoms with van der Waals surface area (Å²) in [5.41, 5.74) is 0.548. The molecule has 0 spiro atoms. The second-order valence-electron chi connectivity index (χ2n) is 3.67. The number of hydrogen-bond acceptors (Lipinski definition) is 4. The molecule has 1 N–H and O–H groups in total. The molecule has 0 atom stereocenters. The predicted molar refractivity (Wildman–Crippen MR) is 65.5 cm³/mol. The molecule has 0 aliphatic rings. The predicted octanol–water partition coefficient (Wildman–Crippen LogP) is 2.88. The Morgan fingerprint density at radius 3 is 2.44 bits per heavy atom. The van der Waals surface area contributed by atoms with Gasteiger partial charge < -0.3 is 9.84 Å². The Hall–Kier alpha value is -2.56. The van der Waals surface area contributed by atoms with Crippen LogP contribution >= 0.6 is 0 Å². The quantitative estimate of drug-likeness (QED) is 0.664. The third kappa shape index (κ3) is 2.76. The van der Waals surface area contributed by atoms with Gasteiger partial charge >= 0.3 is 0 Å². The van der Waals surface area contributed by atoms with Gasteiger partial charge in [-0.15, -0.1) is 0 Å². The largest absolute Gasteiger partial charge is 0.508 e. The van der Waals surface area contributed by atoms with Crippen molar-refractivity contribution in [2.45, 2.75) is 6.61 Å². The number of aromatic hydroxyl groups is 1. The standard InChI is InChI=1S/C13H11NO4/c15-11-5-7-12(8-6-11)18-9-10-3-1-2-4-13(10)14(16)17/h1-8,15H,9H2. The van der Waals surface area contributed by atoms with Gasteiger partial charge in [0.15, 0.2) is 0 Å². The van der Waals surface area contributed by atoms with Gasteiger partial charge in [-0.05, 0) is 30.3 Å². The van der Waals surface area contributed by atoms with Gasteiger partial charge in [0, 0.05) is 6.07 Å². The van der Waals surface area contributed by atoms with E-state index in [0.717, 1.165) is 0 Å². The molecule has 18 heavy (non-hydrogen) atoms. The summed E-state index contributed by atoms with van der Waals surface area (Å²) in [5.74, 6) is 0.694. The van der Waals surface area contributed by atoms with E-state index in [1.807, 2.05) is 0 Å². The normalized spacial score (nSPS) is 10.0. The van der Waals surface area contributed by atoms with E-state index >= 15 is 0 Å². The molecule has 0 fully saturated rings. The summed E-state index contributed by atoms with van der Waals surface area (Å²) in [6.45, 7) is 0.113. The van der Waals surface area contributed by atoms with Crippen molar-refractivity contribution in [3.63, 3.8) is 0 Å². The summed E-state index contributed by atoms with van der Waals surface area (Å²) >= 11 is 0. The zero-order chi connectivity index (χ0) is 13.0. The van der Waals surface area contributed by atoms with Crippen molar-refractivity contribution in [1.82, 2.24) is 0 Å². The van der Waals surface area contributed by atoms with Crippen molar-refractivity contribution in [2.75, 3.05) is 0 Å². The second-order valence-corrected chi connectivity index (χ2v) is 3.67. The van der Waals surface area contributed by atoms with Crippen LogP contribution < -0.4 is 4.74 Å². The Kier molecular flexibility index (Phi) is 3.43. The third-order valence-corrected chi connectivity index (χ3v) is 2.42. The van der Waals surface area contributed by atoms with Crippen LogP contribution in [-0.4, -0.2) is 10.0 Å². The minimum Gasteiger partial charge on any atom is -0.508 e. The molecule has 2 rings (SSSR count). The molecular formula is C13H11NO4. The van der Waals surface area contributed by atoms with Gasteiger partial charge in [-0.1, -0.05) is 12.1 Å². The second kappa shape index (κ2) is 5.18. The van der Waals surface area contributed by atoms with Crippen molar-refractivity contribution in [2.24, 2.45) is 0 Å². The Labute approximate surface area is 103 Å². The Balaban J connectivity index is 2.10. The topological polar surface area (TPSA) is 72.6 Å². The van der Waals surface area contributed by atoms with Gasteiger partial charge in [0.1, 0.15) is 18.1 Å². The fraction of sp³-hybridized carbons (Fsp3) is 0.0769. The van der Waals surface area contributed by atoms with Gasteiger partial charge in [-0.2, -0.15) is 0 Å². The van der Waals surface area contributed by atoms with Crippen LogP contribution in [0.4, 0.5) is 5.69 Å². The fourth-order valence-corrected chi connectivity index (χ4v) is 1.51. The molecule has 0 aliphatic carbocycles. The first-order valence-electron chi connectivity index (χ1n) is 5.31. The lowest BCUT2D eigenvalue weighted by molar-refractivity contribution is -0.385. The number of nitrogens with zero attached hydrogens (tertiary/aromatic N) is 1. The maximum absolute atomic E-state index is 10.8. The highest BCUT2D eigenvalue weighted by molar-refractivity contribution is 5.39. The number of nitro groups is 1. The molecule has 5 heteroatoms. The molecule has 0 unspecified atom stereocenters. The SMILES string of the molecule is O=[N+]([O-])c1ccccc1COc1ccc(O)cc1. The number of ether oxygens (including phenoxy) is 1.